The Morgan fingerprint density at radius 2 is 2.28 bits per heavy atom. The van der Waals surface area contributed by atoms with E-state index < -0.39 is 5.67 Å². The zero-order chi connectivity index (χ0) is 17.4. The van der Waals surface area contributed by atoms with Crippen molar-refractivity contribution in [1.29, 1.82) is 0 Å². The summed E-state index contributed by atoms with van der Waals surface area (Å²) >= 11 is 0. The van der Waals surface area contributed by atoms with E-state index in [0.29, 0.717) is 44.7 Å². The Morgan fingerprint density at radius 3 is 2.96 bits per heavy atom. The van der Waals surface area contributed by atoms with Gasteiger partial charge in [0.05, 0.1) is 6.20 Å². The second-order valence-corrected chi connectivity index (χ2v) is 6.77. The fraction of sp³-hybridized carbons (Fsp3) is 0.500. The fourth-order valence-electron chi connectivity index (χ4n) is 3.53. The van der Waals surface area contributed by atoms with Gasteiger partial charge in [0, 0.05) is 44.0 Å². The number of hydrogen-bond acceptors (Lipinski definition) is 4. The van der Waals surface area contributed by atoms with Crippen LogP contribution >= 0.6 is 0 Å². The average Bonchev–Trinajstić information content (AvgIpc) is 2.93. The molecule has 0 radical (unpaired) electrons. The van der Waals surface area contributed by atoms with Crippen LogP contribution in [-0.2, 0) is 31.4 Å². The number of carbonyl (C=O) groups is 1. The number of pyridine rings is 1. The monoisotopic (exact) mass is 344 g/mol. The topological polar surface area (TPSA) is 60.2 Å². The fourth-order valence-corrected chi connectivity index (χ4v) is 3.53. The third kappa shape index (κ3) is 2.88. The van der Waals surface area contributed by atoms with Crippen LogP contribution < -0.4 is 4.74 Å². The summed E-state index contributed by atoms with van der Waals surface area (Å²) in [5.41, 5.74) is 1.22. The van der Waals surface area contributed by atoms with Gasteiger partial charge in [0.2, 0.25) is 0 Å². The summed E-state index contributed by atoms with van der Waals surface area (Å²) in [5.74, 6) is 0.301. The molecule has 2 aromatic rings. The minimum absolute atomic E-state index is 0.303. The molecule has 0 saturated heterocycles. The standard InChI is InChI=1S/C18H21FN4O2/c1-22-16-5-9-23(17(24)18(19)6-3-7-18)11-14(16)15(21-22)12-25-13-4-2-8-20-10-13/h2,4,8,10H,3,5-7,9,11-12H2,1H3. The lowest BCUT2D eigenvalue weighted by atomic mass is 9.80. The molecule has 1 saturated carbocycles. The quantitative estimate of drug-likeness (QED) is 0.853. The highest BCUT2D eigenvalue weighted by Gasteiger charge is 2.47. The summed E-state index contributed by atoms with van der Waals surface area (Å²) < 4.78 is 22.1. The number of amides is 1. The zero-order valence-corrected chi connectivity index (χ0v) is 14.2. The molecule has 132 valence electrons. The van der Waals surface area contributed by atoms with Crippen LogP contribution in [0, 0.1) is 0 Å². The maximum absolute atomic E-state index is 14.5. The van der Waals surface area contributed by atoms with E-state index in [1.54, 1.807) is 17.3 Å². The summed E-state index contributed by atoms with van der Waals surface area (Å²) in [4.78, 5) is 18.2. The molecule has 1 fully saturated rings. The van der Waals surface area contributed by atoms with Gasteiger partial charge in [0.25, 0.3) is 5.91 Å². The second kappa shape index (κ2) is 6.13. The number of carbonyl (C=O) groups excluding carboxylic acids is 1. The van der Waals surface area contributed by atoms with E-state index in [0.717, 1.165) is 23.4 Å². The van der Waals surface area contributed by atoms with Gasteiger partial charge in [0.15, 0.2) is 5.67 Å². The molecule has 0 N–H and O–H groups in total. The molecule has 7 heteroatoms. The van der Waals surface area contributed by atoms with Crippen LogP contribution in [0.2, 0.25) is 0 Å². The molecule has 25 heavy (non-hydrogen) atoms. The van der Waals surface area contributed by atoms with Crippen molar-refractivity contribution in [2.45, 2.75) is 44.5 Å². The third-order valence-corrected chi connectivity index (χ3v) is 5.15. The minimum atomic E-state index is -1.65. The zero-order valence-electron chi connectivity index (χ0n) is 14.2. The highest BCUT2D eigenvalue weighted by Crippen LogP contribution is 2.38. The van der Waals surface area contributed by atoms with Crippen molar-refractivity contribution in [2.24, 2.45) is 7.05 Å². The number of ether oxygens (including phenoxy) is 1. The number of nitrogens with zero attached hydrogens (tertiary/aromatic N) is 4. The Bertz CT molecular complexity index is 786. The summed E-state index contributed by atoms with van der Waals surface area (Å²) in [5, 5.41) is 4.54. The van der Waals surface area contributed by atoms with Crippen LogP contribution in [0.15, 0.2) is 24.5 Å². The number of halogens is 1. The van der Waals surface area contributed by atoms with Crippen molar-refractivity contribution in [3.8, 4) is 5.75 Å². The minimum Gasteiger partial charge on any atom is -0.486 e. The van der Waals surface area contributed by atoms with Crippen LogP contribution in [0.25, 0.3) is 0 Å². The van der Waals surface area contributed by atoms with E-state index in [1.807, 2.05) is 23.9 Å². The average molecular weight is 344 g/mol. The van der Waals surface area contributed by atoms with Crippen LogP contribution in [0.5, 0.6) is 5.75 Å². The second-order valence-electron chi connectivity index (χ2n) is 6.77. The first-order chi connectivity index (χ1) is 12.1. The molecule has 2 aromatic heterocycles. The molecule has 1 aliphatic carbocycles. The van der Waals surface area contributed by atoms with Gasteiger partial charge in [-0.05, 0) is 31.4 Å². The maximum atomic E-state index is 14.5. The number of hydrogen-bond donors (Lipinski definition) is 0. The van der Waals surface area contributed by atoms with E-state index in [2.05, 4.69) is 10.1 Å². The number of fused-ring (bicyclic) bond motifs is 1. The van der Waals surface area contributed by atoms with Gasteiger partial charge in [-0.2, -0.15) is 5.10 Å². The molecular formula is C18H21FN4O2. The predicted molar refractivity (Wildman–Crippen MR) is 88.6 cm³/mol. The summed E-state index contributed by atoms with van der Waals surface area (Å²) in [6.45, 7) is 1.25. The SMILES string of the molecule is Cn1nc(COc2cccnc2)c2c1CCN(C(=O)C1(F)CCC1)C2. The van der Waals surface area contributed by atoms with Gasteiger partial charge in [-0.1, -0.05) is 0 Å². The molecule has 0 atom stereocenters. The highest BCUT2D eigenvalue weighted by atomic mass is 19.1. The Hall–Kier alpha value is -2.44. The van der Waals surface area contributed by atoms with Crippen LogP contribution in [-0.4, -0.2) is 37.8 Å². The Morgan fingerprint density at radius 1 is 1.44 bits per heavy atom. The molecule has 0 aromatic carbocycles. The molecule has 0 unspecified atom stereocenters. The van der Waals surface area contributed by atoms with Crippen molar-refractivity contribution >= 4 is 5.91 Å². The first-order valence-electron chi connectivity index (χ1n) is 8.61. The van der Waals surface area contributed by atoms with Crippen LogP contribution in [0.4, 0.5) is 4.39 Å². The van der Waals surface area contributed by atoms with E-state index in [4.69, 9.17) is 4.74 Å². The Labute approximate surface area is 145 Å². The van der Waals surface area contributed by atoms with E-state index in [9.17, 15) is 9.18 Å². The van der Waals surface area contributed by atoms with Gasteiger partial charge in [0.1, 0.15) is 18.1 Å². The lowest BCUT2D eigenvalue weighted by molar-refractivity contribution is -0.151. The predicted octanol–water partition coefficient (Wildman–Crippen LogP) is 2.17. The first-order valence-corrected chi connectivity index (χ1v) is 8.61. The maximum Gasteiger partial charge on any atom is 0.260 e. The van der Waals surface area contributed by atoms with E-state index in [-0.39, 0.29) is 5.91 Å². The van der Waals surface area contributed by atoms with Crippen molar-refractivity contribution in [2.75, 3.05) is 6.54 Å². The smallest absolute Gasteiger partial charge is 0.260 e. The molecule has 0 spiro atoms. The van der Waals surface area contributed by atoms with Gasteiger partial charge >= 0.3 is 0 Å². The van der Waals surface area contributed by atoms with Crippen molar-refractivity contribution in [3.63, 3.8) is 0 Å². The summed E-state index contributed by atoms with van der Waals surface area (Å²) in [6.07, 6.45) is 5.51. The molecule has 2 aliphatic rings. The number of aromatic nitrogens is 3. The third-order valence-electron chi connectivity index (χ3n) is 5.15. The van der Waals surface area contributed by atoms with Gasteiger partial charge in [-0.25, -0.2) is 4.39 Å². The Kier molecular flexibility index (Phi) is 3.94. The van der Waals surface area contributed by atoms with Crippen LogP contribution in [0.1, 0.15) is 36.2 Å². The highest BCUT2D eigenvalue weighted by molar-refractivity contribution is 5.86. The lowest BCUT2D eigenvalue weighted by Crippen LogP contribution is -2.51. The normalized spacial score (nSPS) is 18.4. The van der Waals surface area contributed by atoms with E-state index in [1.165, 1.54) is 0 Å². The van der Waals surface area contributed by atoms with Gasteiger partial charge < -0.3 is 9.64 Å². The lowest BCUT2D eigenvalue weighted by Gasteiger charge is -2.38. The molecule has 6 nitrogen and oxygen atoms in total. The van der Waals surface area contributed by atoms with E-state index >= 15 is 0 Å². The van der Waals surface area contributed by atoms with Gasteiger partial charge in [-0.15, -0.1) is 0 Å². The van der Waals surface area contributed by atoms with Gasteiger partial charge in [-0.3, -0.25) is 14.5 Å². The molecule has 0 bridgehead atoms. The van der Waals surface area contributed by atoms with Crippen molar-refractivity contribution in [1.82, 2.24) is 19.7 Å². The van der Waals surface area contributed by atoms with Crippen molar-refractivity contribution in [3.05, 3.63) is 41.5 Å². The number of aryl methyl sites for hydroxylation is 1. The molecule has 1 amide bonds. The number of alkyl halides is 1. The number of rotatable bonds is 4. The largest absolute Gasteiger partial charge is 0.486 e. The van der Waals surface area contributed by atoms with Crippen molar-refractivity contribution < 1.29 is 13.9 Å². The first kappa shape index (κ1) is 16.1. The molecule has 1 aliphatic heterocycles. The summed E-state index contributed by atoms with van der Waals surface area (Å²) in [6, 6.07) is 3.64. The summed E-state index contributed by atoms with van der Waals surface area (Å²) in [7, 11) is 1.90. The molecular weight excluding hydrogens is 323 g/mol. The Balaban J connectivity index is 1.51. The molecule has 3 heterocycles. The molecule has 4 rings (SSSR count). The van der Waals surface area contributed by atoms with Crippen LogP contribution in [0.3, 0.4) is 0 Å².